The molecule has 0 aromatic heterocycles. The molecule has 0 N–H and O–H groups in total. The van der Waals surface area contributed by atoms with Gasteiger partial charge in [0.1, 0.15) is 6.17 Å². The Balaban J connectivity index is 0.976. The minimum atomic E-state index is -0.365. The van der Waals surface area contributed by atoms with Gasteiger partial charge in [-0.05, 0) is 164 Å². The largest absolute Gasteiger partial charge is 0.247 e. The number of alkyl halides is 1. The zero-order valence-corrected chi connectivity index (χ0v) is 17.7. The van der Waals surface area contributed by atoms with Gasteiger partial charge in [-0.2, -0.15) is 0 Å². The zero-order valence-electron chi connectivity index (χ0n) is 17.7. The average molecular weight is 407 g/mol. The maximum absolute atomic E-state index is 15.8. The fraction of sp³-hybridized carbons (Fsp3) is 1.00. The summed E-state index contributed by atoms with van der Waals surface area (Å²) in [5.41, 5.74) is 6.36. The molecule has 26 atom stereocenters. The summed E-state index contributed by atoms with van der Waals surface area (Å²) in [6, 6.07) is 0. The second-order valence-electron chi connectivity index (χ2n) is 17.8. The Morgan fingerprint density at radius 3 is 1.68 bits per heavy atom. The first-order valence-corrected chi connectivity index (χ1v) is 14.9. The molecule has 0 aliphatic heterocycles. The second kappa shape index (κ2) is 2.36. The van der Waals surface area contributed by atoms with Crippen molar-refractivity contribution in [3.05, 3.63) is 0 Å². The molecule has 154 valence electrons. The highest BCUT2D eigenvalue weighted by molar-refractivity contribution is 5.77. The molecule has 17 fully saturated rings. The Labute approximate surface area is 180 Å². The van der Waals surface area contributed by atoms with Crippen LogP contribution >= 0.6 is 0 Å². The highest BCUT2D eigenvalue weighted by Crippen LogP contribution is 3.34. The Bertz CT molecular complexity index is 1380. The third kappa shape index (κ3) is 0.442. The predicted octanol–water partition coefficient (Wildman–Crippen LogP) is 4.11. The van der Waals surface area contributed by atoms with Gasteiger partial charge in [0, 0.05) is 5.92 Å². The fourth-order valence-electron chi connectivity index (χ4n) is 24.9. The molecule has 0 amide bonds. The van der Waals surface area contributed by atoms with Gasteiger partial charge in [-0.3, -0.25) is 0 Å². The van der Waals surface area contributed by atoms with Gasteiger partial charge in [0.15, 0.2) is 0 Å². The van der Waals surface area contributed by atoms with Crippen LogP contribution in [0.2, 0.25) is 0 Å². The number of fused-ring (bicyclic) bond motifs is 13. The lowest BCUT2D eigenvalue weighted by Gasteiger charge is -3.33. The molecule has 7 spiro atoms. The van der Waals surface area contributed by atoms with E-state index in [1.54, 1.807) is 12.8 Å². The fourth-order valence-corrected chi connectivity index (χ4v) is 24.9. The number of hydrogen-bond acceptors (Lipinski definition) is 0. The van der Waals surface area contributed by atoms with Gasteiger partial charge < -0.3 is 0 Å². The third-order valence-corrected chi connectivity index (χ3v) is 21.7. The molecule has 0 saturated heterocycles. The molecule has 26 unspecified atom stereocenters. The Morgan fingerprint density at radius 2 is 1.00 bits per heavy atom. The van der Waals surface area contributed by atoms with E-state index in [0.717, 1.165) is 74.4 Å². The molecule has 31 heavy (non-hydrogen) atoms. The van der Waals surface area contributed by atoms with E-state index in [4.69, 9.17) is 0 Å². The van der Waals surface area contributed by atoms with E-state index in [9.17, 15) is 0 Å². The molecule has 0 heterocycles. The second-order valence-corrected chi connectivity index (χ2v) is 17.8. The molecule has 0 aromatic rings. The van der Waals surface area contributed by atoms with Crippen molar-refractivity contribution in [1.82, 2.24) is 0 Å². The molecule has 0 radical (unpaired) electrons. The molecule has 17 aliphatic rings. The van der Waals surface area contributed by atoms with Crippen LogP contribution in [0.3, 0.4) is 0 Å². The Hall–Kier alpha value is -0.0700. The number of hydrogen-bond donors (Lipinski definition) is 0. The Kier molecular flexibility index (Phi) is 0.960. The summed E-state index contributed by atoms with van der Waals surface area (Å²) in [6.45, 7) is 0. The van der Waals surface area contributed by atoms with E-state index in [1.165, 1.54) is 71.5 Å². The van der Waals surface area contributed by atoms with Crippen molar-refractivity contribution >= 4 is 0 Å². The first kappa shape index (κ1) is 12.6. The normalized spacial score (nSPS) is 113. The summed E-state index contributed by atoms with van der Waals surface area (Å²) in [5, 5.41) is 0. The molecule has 0 aromatic carbocycles. The standard InChI is InChI=1S/C30H27F/c31-10-2-5-1-7-11(5)25-12(7)16-20-21-17-13-8-3-6-4-9-14-18-22-23-19(15(10)25)27(16,25)29(20,23)30(21,22)28(17,18)26(13,14)24(6,8)9/h5-23H,1-4H2. The van der Waals surface area contributed by atoms with Crippen molar-refractivity contribution in [3.63, 3.8) is 0 Å². The van der Waals surface area contributed by atoms with Crippen LogP contribution in [0, 0.1) is 144 Å². The van der Waals surface area contributed by atoms with Crippen molar-refractivity contribution in [2.24, 2.45) is 144 Å². The van der Waals surface area contributed by atoms with Crippen molar-refractivity contribution < 1.29 is 4.39 Å². The lowest BCUT2D eigenvalue weighted by atomic mass is 8.70. The first-order valence-electron chi connectivity index (χ1n) is 14.9. The molecule has 17 aliphatic carbocycles. The van der Waals surface area contributed by atoms with E-state index >= 15 is 4.39 Å². The summed E-state index contributed by atoms with van der Waals surface area (Å²) in [7, 11) is 0. The SMILES string of the molecule is FC1CC2CC3C2C24C1C1C5C6C7C8C9CC%10CC%11C%12C%13C%14C%15C(C32)C14C5%15C6%14C7%13C8%12C%109%11. The first-order chi connectivity index (χ1) is 15.3. The summed E-state index contributed by atoms with van der Waals surface area (Å²) in [5.74, 6) is 20.5. The van der Waals surface area contributed by atoms with Crippen molar-refractivity contribution in [3.8, 4) is 0 Å². The number of rotatable bonds is 0. The third-order valence-electron chi connectivity index (χ3n) is 21.7. The van der Waals surface area contributed by atoms with Crippen LogP contribution in [-0.4, -0.2) is 6.17 Å². The number of halogens is 1. The van der Waals surface area contributed by atoms with Gasteiger partial charge >= 0.3 is 0 Å². The van der Waals surface area contributed by atoms with Crippen LogP contribution in [0.4, 0.5) is 4.39 Å². The van der Waals surface area contributed by atoms with Crippen molar-refractivity contribution in [1.29, 1.82) is 0 Å². The molecule has 0 nitrogen and oxygen atoms in total. The Morgan fingerprint density at radius 1 is 0.452 bits per heavy atom. The van der Waals surface area contributed by atoms with Crippen molar-refractivity contribution in [2.45, 2.75) is 31.9 Å². The van der Waals surface area contributed by atoms with Crippen LogP contribution in [0.15, 0.2) is 0 Å². The van der Waals surface area contributed by atoms with E-state index < -0.39 is 0 Å². The molecule has 0 bridgehead atoms. The van der Waals surface area contributed by atoms with Crippen LogP contribution in [0.5, 0.6) is 0 Å². The van der Waals surface area contributed by atoms with Gasteiger partial charge in [-0.1, -0.05) is 0 Å². The van der Waals surface area contributed by atoms with Crippen LogP contribution in [0.1, 0.15) is 25.7 Å². The molecule has 1 heteroatoms. The maximum atomic E-state index is 15.8. The van der Waals surface area contributed by atoms with E-state index in [0.29, 0.717) is 11.3 Å². The predicted molar refractivity (Wildman–Crippen MR) is 103 cm³/mol. The smallest absolute Gasteiger partial charge is 0.104 e. The summed E-state index contributed by atoms with van der Waals surface area (Å²) < 4.78 is 15.8. The van der Waals surface area contributed by atoms with Crippen LogP contribution in [-0.2, 0) is 0 Å². The monoisotopic (exact) mass is 406 g/mol. The van der Waals surface area contributed by atoms with Gasteiger partial charge in [-0.25, -0.2) is 4.39 Å². The van der Waals surface area contributed by atoms with Crippen LogP contribution in [0.25, 0.3) is 0 Å². The minimum Gasteiger partial charge on any atom is -0.247 e. The van der Waals surface area contributed by atoms with E-state index in [1.807, 2.05) is 0 Å². The van der Waals surface area contributed by atoms with Gasteiger partial charge in [0.2, 0.25) is 0 Å². The quantitative estimate of drug-likeness (QED) is 0.568. The van der Waals surface area contributed by atoms with Gasteiger partial charge in [0.05, 0.1) is 0 Å². The van der Waals surface area contributed by atoms with E-state index in [2.05, 4.69) is 0 Å². The topological polar surface area (TPSA) is 0 Å². The average Bonchev–Trinajstić information content (AvgIpc) is 2.64. The van der Waals surface area contributed by atoms with Gasteiger partial charge in [0.25, 0.3) is 0 Å². The molecular formula is C30H27F. The maximum Gasteiger partial charge on any atom is 0.104 e. The van der Waals surface area contributed by atoms with Crippen molar-refractivity contribution in [2.75, 3.05) is 0 Å². The van der Waals surface area contributed by atoms with Gasteiger partial charge in [-0.15, -0.1) is 0 Å². The van der Waals surface area contributed by atoms with Crippen LogP contribution < -0.4 is 0 Å². The zero-order chi connectivity index (χ0) is 18.3. The molecular weight excluding hydrogens is 379 g/mol. The summed E-state index contributed by atoms with van der Waals surface area (Å²) in [6.07, 6.45) is 5.49. The molecule has 17 rings (SSSR count). The molecule has 17 saturated carbocycles. The summed E-state index contributed by atoms with van der Waals surface area (Å²) >= 11 is 0. The minimum absolute atomic E-state index is 0.365. The lowest BCUT2D eigenvalue weighted by molar-refractivity contribution is -0.879. The lowest BCUT2D eigenvalue weighted by Crippen LogP contribution is -3.31. The summed E-state index contributed by atoms with van der Waals surface area (Å²) in [4.78, 5) is 0. The van der Waals surface area contributed by atoms with E-state index in [-0.39, 0.29) is 6.17 Å². The highest BCUT2D eigenvalue weighted by Gasteiger charge is 3.32. The highest BCUT2D eigenvalue weighted by atomic mass is 19.1.